The maximum Gasteiger partial charge on any atom is 0.0163 e. The number of aromatic nitrogens is 2. The van der Waals surface area contributed by atoms with E-state index in [0.29, 0.717) is 0 Å². The van der Waals surface area contributed by atoms with E-state index in [2.05, 4.69) is 26.1 Å². The molecule has 1 aromatic heterocycles. The number of rotatable bonds is 0. The fraction of sp³-hybridized carbons (Fsp3) is 0. The van der Waals surface area contributed by atoms with E-state index in [9.17, 15) is 0 Å². The van der Waals surface area contributed by atoms with E-state index < -0.39 is 0 Å². The van der Waals surface area contributed by atoms with Crippen LogP contribution in [0.3, 0.4) is 0 Å². The van der Waals surface area contributed by atoms with Crippen LogP contribution in [0.25, 0.3) is 0 Å². The van der Waals surface area contributed by atoms with Crippen LogP contribution in [-0.2, 0) is 0 Å². The number of hydrogen-bond donors (Lipinski definition) is 0. The SMILES string of the molecule is Brc1cn[n-]c1. The topological polar surface area (TPSA) is 27.0 Å². The molecule has 2 nitrogen and oxygen atoms in total. The van der Waals surface area contributed by atoms with Crippen molar-refractivity contribution in [1.29, 1.82) is 0 Å². The van der Waals surface area contributed by atoms with Crippen molar-refractivity contribution in [2.24, 2.45) is 0 Å². The number of halogens is 1. The largest absolute Gasteiger partial charge is 0.581 e. The van der Waals surface area contributed by atoms with Crippen molar-refractivity contribution in [1.82, 2.24) is 10.2 Å². The summed E-state index contributed by atoms with van der Waals surface area (Å²) in [4.78, 5) is 0. The van der Waals surface area contributed by atoms with Crippen LogP contribution >= 0.6 is 15.9 Å². The molecule has 6 heavy (non-hydrogen) atoms. The standard InChI is InChI=1S/C3H2BrN2/c4-3-1-5-6-2-3/h1-2H/q-1. The second kappa shape index (κ2) is 1.43. The molecule has 0 bridgehead atoms. The van der Waals surface area contributed by atoms with Crippen molar-refractivity contribution < 1.29 is 0 Å². The molecule has 0 aliphatic rings. The Morgan fingerprint density at radius 2 is 2.67 bits per heavy atom. The molecule has 0 saturated carbocycles. The van der Waals surface area contributed by atoms with Crippen LogP contribution in [0.5, 0.6) is 0 Å². The summed E-state index contributed by atoms with van der Waals surface area (Å²) in [6.07, 6.45) is 3.28. The van der Waals surface area contributed by atoms with E-state index in [4.69, 9.17) is 0 Å². The van der Waals surface area contributed by atoms with Gasteiger partial charge in [-0.15, -0.1) is 6.20 Å². The van der Waals surface area contributed by atoms with Crippen molar-refractivity contribution in [3.8, 4) is 0 Å². The highest BCUT2D eigenvalue weighted by Crippen LogP contribution is 2.00. The third-order valence-corrected chi connectivity index (χ3v) is 0.838. The van der Waals surface area contributed by atoms with Gasteiger partial charge in [-0.2, -0.15) is 0 Å². The van der Waals surface area contributed by atoms with Crippen LogP contribution in [0.15, 0.2) is 16.9 Å². The first kappa shape index (κ1) is 3.87. The Kier molecular flexibility index (Phi) is 0.919. The van der Waals surface area contributed by atoms with Gasteiger partial charge in [0.15, 0.2) is 0 Å². The molecule has 1 rings (SSSR count). The molecule has 0 amide bonds. The summed E-state index contributed by atoms with van der Waals surface area (Å²) in [5.74, 6) is 0. The summed E-state index contributed by atoms with van der Waals surface area (Å²) in [5, 5.41) is 7.05. The summed E-state index contributed by atoms with van der Waals surface area (Å²) >= 11 is 3.16. The van der Waals surface area contributed by atoms with Gasteiger partial charge in [-0.3, -0.25) is 0 Å². The zero-order valence-corrected chi connectivity index (χ0v) is 4.51. The molecule has 0 aliphatic heterocycles. The smallest absolute Gasteiger partial charge is 0.0163 e. The quantitative estimate of drug-likeness (QED) is 0.541. The lowest BCUT2D eigenvalue weighted by Crippen LogP contribution is -1.60. The van der Waals surface area contributed by atoms with Gasteiger partial charge in [-0.1, -0.05) is 15.9 Å². The van der Waals surface area contributed by atoms with Crippen molar-refractivity contribution in [2.45, 2.75) is 0 Å². The van der Waals surface area contributed by atoms with Crippen molar-refractivity contribution in [3.05, 3.63) is 16.9 Å². The van der Waals surface area contributed by atoms with E-state index in [1.165, 1.54) is 0 Å². The second-order valence-electron chi connectivity index (χ2n) is 0.874. The molecule has 0 unspecified atom stereocenters. The maximum absolute atomic E-state index is 3.52. The highest BCUT2D eigenvalue weighted by atomic mass is 79.9. The zero-order valence-electron chi connectivity index (χ0n) is 2.93. The minimum absolute atomic E-state index is 0.933. The highest BCUT2D eigenvalue weighted by Gasteiger charge is 1.68. The molecule has 1 heterocycles. The first-order chi connectivity index (χ1) is 2.89. The average Bonchev–Trinajstić information content (AvgIpc) is 1.86. The molecule has 0 spiro atoms. The lowest BCUT2D eigenvalue weighted by molar-refractivity contribution is 1.06. The summed E-state index contributed by atoms with van der Waals surface area (Å²) < 4.78 is 0.933. The van der Waals surface area contributed by atoms with E-state index in [1.54, 1.807) is 12.4 Å². The summed E-state index contributed by atoms with van der Waals surface area (Å²) in [6, 6.07) is 0. The van der Waals surface area contributed by atoms with E-state index in [-0.39, 0.29) is 0 Å². The summed E-state index contributed by atoms with van der Waals surface area (Å²) in [6.45, 7) is 0. The highest BCUT2D eigenvalue weighted by molar-refractivity contribution is 9.10. The van der Waals surface area contributed by atoms with Gasteiger partial charge in [0.05, 0.1) is 0 Å². The maximum atomic E-state index is 3.52. The lowest BCUT2D eigenvalue weighted by atomic mass is 10.8. The van der Waals surface area contributed by atoms with Gasteiger partial charge in [0.25, 0.3) is 0 Å². The third-order valence-electron chi connectivity index (χ3n) is 0.429. The molecular weight excluding hydrogens is 144 g/mol. The Bertz CT molecular complexity index is 112. The lowest BCUT2D eigenvalue weighted by Gasteiger charge is -1.73. The predicted octanol–water partition coefficient (Wildman–Crippen LogP) is 0.801. The van der Waals surface area contributed by atoms with Crippen LogP contribution < -0.4 is 5.10 Å². The van der Waals surface area contributed by atoms with Crippen LogP contribution in [0.1, 0.15) is 0 Å². The summed E-state index contributed by atoms with van der Waals surface area (Å²) in [5.41, 5.74) is 0. The molecule has 0 aliphatic carbocycles. The molecule has 0 saturated heterocycles. The van der Waals surface area contributed by atoms with E-state index in [1.807, 2.05) is 0 Å². The van der Waals surface area contributed by atoms with Gasteiger partial charge >= 0.3 is 0 Å². The second-order valence-corrected chi connectivity index (χ2v) is 1.79. The molecule has 0 fully saturated rings. The van der Waals surface area contributed by atoms with Gasteiger partial charge in [0, 0.05) is 10.7 Å². The predicted molar refractivity (Wildman–Crippen MR) is 25.3 cm³/mol. The molecule has 0 radical (unpaired) electrons. The zero-order chi connectivity index (χ0) is 4.41. The molecular formula is C3H2BrN2-. The van der Waals surface area contributed by atoms with Crippen molar-refractivity contribution >= 4 is 15.9 Å². The first-order valence-electron chi connectivity index (χ1n) is 1.48. The van der Waals surface area contributed by atoms with E-state index >= 15 is 0 Å². The number of hydrogen-bond acceptors (Lipinski definition) is 1. The van der Waals surface area contributed by atoms with Gasteiger partial charge in [-0.25, -0.2) is 0 Å². The first-order valence-corrected chi connectivity index (χ1v) is 2.28. The molecule has 0 atom stereocenters. The van der Waals surface area contributed by atoms with Crippen LogP contribution in [0.2, 0.25) is 0 Å². The van der Waals surface area contributed by atoms with Crippen molar-refractivity contribution in [2.75, 3.05) is 0 Å². The Morgan fingerprint density at radius 1 is 1.83 bits per heavy atom. The van der Waals surface area contributed by atoms with Crippen LogP contribution in [0, 0.1) is 0 Å². The van der Waals surface area contributed by atoms with Crippen LogP contribution in [-0.4, -0.2) is 5.10 Å². The average molecular weight is 146 g/mol. The number of nitrogens with zero attached hydrogens (tertiary/aromatic N) is 2. The van der Waals surface area contributed by atoms with E-state index in [0.717, 1.165) is 4.47 Å². The van der Waals surface area contributed by atoms with Crippen LogP contribution in [0.4, 0.5) is 0 Å². The Hall–Kier alpha value is -0.310. The molecule has 0 N–H and O–H groups in total. The monoisotopic (exact) mass is 145 g/mol. The van der Waals surface area contributed by atoms with Gasteiger partial charge in [0.2, 0.25) is 0 Å². The molecule has 32 valence electrons. The van der Waals surface area contributed by atoms with Gasteiger partial charge in [0.1, 0.15) is 0 Å². The Balaban J connectivity index is 3.05. The fourth-order valence-corrected chi connectivity index (χ4v) is 0.393. The van der Waals surface area contributed by atoms with Gasteiger partial charge < -0.3 is 10.2 Å². The van der Waals surface area contributed by atoms with Gasteiger partial charge in [-0.05, 0) is 0 Å². The van der Waals surface area contributed by atoms with Crippen molar-refractivity contribution in [3.63, 3.8) is 0 Å². The molecule has 1 aromatic rings. The third kappa shape index (κ3) is 0.597. The Labute approximate surface area is 43.7 Å². The molecule has 3 heteroatoms. The minimum atomic E-state index is 0.933. The molecule has 0 aromatic carbocycles. The minimum Gasteiger partial charge on any atom is -0.581 e. The normalized spacial score (nSPS) is 8.83. The fourth-order valence-electron chi connectivity index (χ4n) is 0.210. The summed E-state index contributed by atoms with van der Waals surface area (Å²) in [7, 11) is 0. The Morgan fingerprint density at radius 3 is 2.83 bits per heavy atom.